The SMILES string of the molecule is O=C(Nc1nc2c(s1)CCCC2)[C@@H]1Cc2cc(Cl)ccc2O1. The number of aryl methyl sites for hydroxylation is 2. The molecule has 1 atom stereocenters. The van der Waals surface area contributed by atoms with Crippen LogP contribution < -0.4 is 10.1 Å². The number of halogens is 1. The van der Waals surface area contributed by atoms with E-state index >= 15 is 0 Å². The van der Waals surface area contributed by atoms with Crippen molar-refractivity contribution in [1.82, 2.24) is 4.98 Å². The van der Waals surface area contributed by atoms with Gasteiger partial charge in [0.25, 0.3) is 5.91 Å². The number of rotatable bonds is 2. The largest absolute Gasteiger partial charge is 0.480 e. The number of thiazole rings is 1. The molecule has 2 aromatic rings. The molecule has 6 heteroatoms. The van der Waals surface area contributed by atoms with E-state index in [1.807, 2.05) is 12.1 Å². The van der Waals surface area contributed by atoms with Crippen molar-refractivity contribution in [1.29, 1.82) is 0 Å². The van der Waals surface area contributed by atoms with E-state index in [2.05, 4.69) is 10.3 Å². The fourth-order valence-electron chi connectivity index (χ4n) is 2.95. The Morgan fingerprint density at radius 1 is 1.36 bits per heavy atom. The predicted octanol–water partition coefficient (Wildman–Crippen LogP) is 3.62. The van der Waals surface area contributed by atoms with Gasteiger partial charge in [0, 0.05) is 16.3 Å². The number of hydrogen-bond donors (Lipinski definition) is 1. The van der Waals surface area contributed by atoms with Crippen molar-refractivity contribution in [2.24, 2.45) is 0 Å². The summed E-state index contributed by atoms with van der Waals surface area (Å²) in [6.07, 6.45) is 4.54. The molecule has 0 bridgehead atoms. The topological polar surface area (TPSA) is 51.2 Å². The lowest BCUT2D eigenvalue weighted by Crippen LogP contribution is -2.31. The first-order chi connectivity index (χ1) is 10.7. The number of carbonyl (C=O) groups is 1. The fourth-order valence-corrected chi connectivity index (χ4v) is 4.20. The second-order valence-electron chi connectivity index (χ2n) is 5.65. The summed E-state index contributed by atoms with van der Waals surface area (Å²) in [7, 11) is 0. The molecule has 22 heavy (non-hydrogen) atoms. The monoisotopic (exact) mass is 334 g/mol. The van der Waals surface area contributed by atoms with Crippen LogP contribution in [0.3, 0.4) is 0 Å². The number of hydrogen-bond acceptors (Lipinski definition) is 4. The van der Waals surface area contributed by atoms with Gasteiger partial charge in [-0.25, -0.2) is 4.98 Å². The zero-order chi connectivity index (χ0) is 15.1. The van der Waals surface area contributed by atoms with Crippen LogP contribution in [0.15, 0.2) is 18.2 Å². The standard InChI is InChI=1S/C16H15ClN2O2S/c17-10-5-6-12-9(7-10)8-13(21-12)15(20)19-16-18-11-3-1-2-4-14(11)22-16/h5-7,13H,1-4,8H2,(H,18,19,20)/t13-/m0/s1. The first kappa shape index (κ1) is 14.0. The van der Waals surface area contributed by atoms with Crippen LogP contribution >= 0.6 is 22.9 Å². The molecule has 1 amide bonds. The van der Waals surface area contributed by atoms with Crippen LogP contribution in [0.5, 0.6) is 5.75 Å². The molecule has 2 heterocycles. The first-order valence-electron chi connectivity index (χ1n) is 7.43. The van der Waals surface area contributed by atoms with Crippen LogP contribution in [0, 0.1) is 0 Å². The number of fused-ring (bicyclic) bond motifs is 2. The van der Waals surface area contributed by atoms with Crippen molar-refractivity contribution in [3.8, 4) is 5.75 Å². The van der Waals surface area contributed by atoms with Crippen LogP contribution in [-0.4, -0.2) is 17.0 Å². The highest BCUT2D eigenvalue weighted by atomic mass is 35.5. The number of anilines is 1. The Kier molecular flexibility index (Phi) is 3.54. The molecule has 1 aromatic carbocycles. The maximum absolute atomic E-state index is 12.4. The molecule has 0 fully saturated rings. The second kappa shape index (κ2) is 5.56. The predicted molar refractivity (Wildman–Crippen MR) is 87.0 cm³/mol. The third-order valence-corrected chi connectivity index (χ3v) is 5.37. The van der Waals surface area contributed by atoms with E-state index in [-0.39, 0.29) is 5.91 Å². The highest BCUT2D eigenvalue weighted by Crippen LogP contribution is 2.33. The van der Waals surface area contributed by atoms with Crippen LogP contribution in [-0.2, 0) is 24.1 Å². The van der Waals surface area contributed by atoms with Crippen molar-refractivity contribution < 1.29 is 9.53 Å². The minimum absolute atomic E-state index is 0.140. The Balaban J connectivity index is 1.46. The molecule has 0 spiro atoms. The minimum atomic E-state index is -0.505. The molecule has 1 aliphatic carbocycles. The van der Waals surface area contributed by atoms with Gasteiger partial charge in [-0.05, 0) is 49.4 Å². The summed E-state index contributed by atoms with van der Waals surface area (Å²) in [5.74, 6) is 0.599. The number of amides is 1. The molecule has 4 rings (SSSR count). The van der Waals surface area contributed by atoms with Crippen molar-refractivity contribution in [2.45, 2.75) is 38.2 Å². The third-order valence-electron chi connectivity index (χ3n) is 4.07. The van der Waals surface area contributed by atoms with Gasteiger partial charge in [-0.3, -0.25) is 10.1 Å². The zero-order valence-corrected chi connectivity index (χ0v) is 13.5. The van der Waals surface area contributed by atoms with Gasteiger partial charge < -0.3 is 4.74 Å². The Morgan fingerprint density at radius 2 is 2.23 bits per heavy atom. The average Bonchev–Trinajstić information content (AvgIpc) is 3.09. The van der Waals surface area contributed by atoms with Crippen molar-refractivity contribution >= 4 is 34.0 Å². The number of aromatic nitrogens is 1. The number of nitrogens with zero attached hydrogens (tertiary/aromatic N) is 1. The van der Waals surface area contributed by atoms with Gasteiger partial charge in [-0.15, -0.1) is 11.3 Å². The molecule has 2 aliphatic rings. The van der Waals surface area contributed by atoms with E-state index in [0.717, 1.165) is 29.8 Å². The molecule has 1 N–H and O–H groups in total. The number of benzene rings is 1. The molecule has 0 saturated carbocycles. The highest BCUT2D eigenvalue weighted by Gasteiger charge is 2.30. The zero-order valence-electron chi connectivity index (χ0n) is 11.9. The smallest absolute Gasteiger partial charge is 0.267 e. The highest BCUT2D eigenvalue weighted by molar-refractivity contribution is 7.15. The van der Waals surface area contributed by atoms with Gasteiger partial charge >= 0.3 is 0 Å². The second-order valence-corrected chi connectivity index (χ2v) is 7.17. The molecule has 0 radical (unpaired) electrons. The van der Waals surface area contributed by atoms with E-state index in [9.17, 15) is 4.79 Å². The summed E-state index contributed by atoms with van der Waals surface area (Å²) in [6.45, 7) is 0. The van der Waals surface area contributed by atoms with E-state index in [1.165, 1.54) is 17.7 Å². The third kappa shape index (κ3) is 2.59. The molecule has 4 nitrogen and oxygen atoms in total. The van der Waals surface area contributed by atoms with Gasteiger partial charge in [0.2, 0.25) is 0 Å². The average molecular weight is 335 g/mol. The van der Waals surface area contributed by atoms with E-state index in [1.54, 1.807) is 17.4 Å². The van der Waals surface area contributed by atoms with Crippen LogP contribution in [0.2, 0.25) is 5.02 Å². The summed E-state index contributed by atoms with van der Waals surface area (Å²) in [5, 5.41) is 4.25. The fraction of sp³-hybridized carbons (Fsp3) is 0.375. The van der Waals surface area contributed by atoms with Crippen LogP contribution in [0.25, 0.3) is 0 Å². The molecule has 1 aromatic heterocycles. The number of carbonyl (C=O) groups excluding carboxylic acids is 1. The first-order valence-corrected chi connectivity index (χ1v) is 8.63. The summed E-state index contributed by atoms with van der Waals surface area (Å²) in [5.41, 5.74) is 2.13. The summed E-state index contributed by atoms with van der Waals surface area (Å²) < 4.78 is 5.70. The lowest BCUT2D eigenvalue weighted by Gasteiger charge is -2.09. The molecular weight excluding hydrogens is 320 g/mol. The van der Waals surface area contributed by atoms with Crippen LogP contribution in [0.1, 0.15) is 29.0 Å². The van der Waals surface area contributed by atoms with Gasteiger partial charge in [0.05, 0.1) is 5.69 Å². The van der Waals surface area contributed by atoms with E-state index in [4.69, 9.17) is 16.3 Å². The maximum atomic E-state index is 12.4. The summed E-state index contributed by atoms with van der Waals surface area (Å²) >= 11 is 7.56. The molecule has 1 aliphatic heterocycles. The lowest BCUT2D eigenvalue weighted by molar-refractivity contribution is -0.122. The van der Waals surface area contributed by atoms with Gasteiger partial charge in [-0.2, -0.15) is 0 Å². The van der Waals surface area contributed by atoms with Crippen molar-refractivity contribution in [2.75, 3.05) is 5.32 Å². The van der Waals surface area contributed by atoms with E-state index in [0.29, 0.717) is 16.6 Å². The van der Waals surface area contributed by atoms with Gasteiger partial charge in [0.15, 0.2) is 11.2 Å². The van der Waals surface area contributed by atoms with E-state index < -0.39 is 6.10 Å². The summed E-state index contributed by atoms with van der Waals surface area (Å²) in [6, 6.07) is 5.44. The lowest BCUT2D eigenvalue weighted by atomic mass is 10.0. The molecule has 114 valence electrons. The Morgan fingerprint density at radius 3 is 3.09 bits per heavy atom. The van der Waals surface area contributed by atoms with Gasteiger partial charge in [-0.1, -0.05) is 11.6 Å². The molecule has 0 unspecified atom stereocenters. The Bertz CT molecular complexity index is 720. The van der Waals surface area contributed by atoms with Crippen LogP contribution in [0.4, 0.5) is 5.13 Å². The molecular formula is C16H15ClN2O2S. The number of ether oxygens (including phenoxy) is 1. The Labute approximate surface area is 137 Å². The summed E-state index contributed by atoms with van der Waals surface area (Å²) in [4.78, 5) is 18.2. The normalized spacial score (nSPS) is 19.2. The van der Waals surface area contributed by atoms with Crippen molar-refractivity contribution in [3.05, 3.63) is 39.4 Å². The minimum Gasteiger partial charge on any atom is -0.480 e. The molecule has 0 saturated heterocycles. The maximum Gasteiger partial charge on any atom is 0.267 e. The quantitative estimate of drug-likeness (QED) is 0.912. The van der Waals surface area contributed by atoms with Gasteiger partial charge in [0.1, 0.15) is 5.75 Å². The van der Waals surface area contributed by atoms with Crippen molar-refractivity contribution in [3.63, 3.8) is 0 Å². The Hall–Kier alpha value is -1.59. The number of nitrogens with one attached hydrogen (secondary N) is 1.